The van der Waals surface area contributed by atoms with Crippen LogP contribution in [0.3, 0.4) is 0 Å². The van der Waals surface area contributed by atoms with Crippen molar-refractivity contribution >= 4 is 0 Å². The average molecular weight is 225 g/mol. The van der Waals surface area contributed by atoms with Gasteiger partial charge in [0.25, 0.3) is 0 Å². The molecule has 2 rings (SSSR count). The van der Waals surface area contributed by atoms with Crippen molar-refractivity contribution in [2.24, 2.45) is 0 Å². The third kappa shape index (κ3) is 3.33. The molecule has 0 aromatic carbocycles. The van der Waals surface area contributed by atoms with Gasteiger partial charge in [0.15, 0.2) is 0 Å². The summed E-state index contributed by atoms with van der Waals surface area (Å²) in [5.41, 5.74) is 1.17. The molecule has 1 fully saturated rings. The Labute approximate surface area is 95.9 Å². The highest BCUT2D eigenvalue weighted by molar-refractivity contribution is 5.12. The maximum atomic E-state index is 5.67. The second kappa shape index (κ2) is 6.03. The Balaban J connectivity index is 1.73. The fourth-order valence-electron chi connectivity index (χ4n) is 1.71. The molecule has 1 N–H and O–H groups in total. The van der Waals surface area contributed by atoms with Gasteiger partial charge < -0.3 is 19.2 Å². The maximum Gasteiger partial charge on any atom is 0.129 e. The molecule has 0 amide bonds. The largest absolute Gasteiger partial charge is 0.467 e. The van der Waals surface area contributed by atoms with Gasteiger partial charge in [-0.2, -0.15) is 0 Å². The first kappa shape index (κ1) is 11.6. The van der Waals surface area contributed by atoms with Crippen LogP contribution in [0, 0.1) is 0 Å². The number of furan rings is 1. The molecule has 1 unspecified atom stereocenters. The van der Waals surface area contributed by atoms with Crippen LogP contribution in [0.5, 0.6) is 0 Å². The molecular formula is C12H19NO3. The van der Waals surface area contributed by atoms with Crippen LogP contribution in [0.2, 0.25) is 0 Å². The fraction of sp³-hybridized carbons (Fsp3) is 0.667. The lowest BCUT2D eigenvalue weighted by atomic mass is 10.3. The lowest BCUT2D eigenvalue weighted by molar-refractivity contribution is 0.0235. The van der Waals surface area contributed by atoms with E-state index in [0.717, 1.165) is 31.9 Å². The summed E-state index contributed by atoms with van der Waals surface area (Å²) in [6, 6.07) is 2.04. The smallest absolute Gasteiger partial charge is 0.129 e. The predicted octanol–water partition coefficient (Wildman–Crippen LogP) is 1.69. The third-order valence-corrected chi connectivity index (χ3v) is 2.64. The van der Waals surface area contributed by atoms with Gasteiger partial charge in [0.1, 0.15) is 12.4 Å². The van der Waals surface area contributed by atoms with Crippen molar-refractivity contribution in [2.45, 2.75) is 32.6 Å². The summed E-state index contributed by atoms with van der Waals surface area (Å²) in [5, 5.41) is 3.25. The molecule has 1 aromatic rings. The second-order valence-corrected chi connectivity index (χ2v) is 4.00. The van der Waals surface area contributed by atoms with E-state index in [9.17, 15) is 0 Å². The number of hydrogen-bond donors (Lipinski definition) is 1. The van der Waals surface area contributed by atoms with E-state index in [1.807, 2.05) is 6.07 Å². The van der Waals surface area contributed by atoms with Gasteiger partial charge in [0.2, 0.25) is 0 Å². The summed E-state index contributed by atoms with van der Waals surface area (Å²) in [6.45, 7) is 5.98. The fourth-order valence-corrected chi connectivity index (χ4v) is 1.71. The molecule has 1 atom stereocenters. The van der Waals surface area contributed by atoms with Crippen molar-refractivity contribution in [3.8, 4) is 0 Å². The summed E-state index contributed by atoms with van der Waals surface area (Å²) < 4.78 is 16.3. The molecule has 4 nitrogen and oxygen atoms in total. The van der Waals surface area contributed by atoms with Crippen LogP contribution in [0.1, 0.15) is 24.7 Å². The van der Waals surface area contributed by atoms with E-state index in [2.05, 4.69) is 12.2 Å². The van der Waals surface area contributed by atoms with Crippen LogP contribution in [0.4, 0.5) is 0 Å². The topological polar surface area (TPSA) is 43.6 Å². The minimum atomic E-state index is 0.238. The van der Waals surface area contributed by atoms with Gasteiger partial charge >= 0.3 is 0 Å². The van der Waals surface area contributed by atoms with Crippen LogP contribution >= 0.6 is 0 Å². The summed E-state index contributed by atoms with van der Waals surface area (Å²) >= 11 is 0. The molecule has 1 aliphatic heterocycles. The zero-order chi connectivity index (χ0) is 11.2. The van der Waals surface area contributed by atoms with Crippen molar-refractivity contribution in [2.75, 3.05) is 19.8 Å². The Hall–Kier alpha value is -0.840. The highest BCUT2D eigenvalue weighted by Gasteiger charge is 2.16. The van der Waals surface area contributed by atoms with Gasteiger partial charge in [-0.05, 0) is 19.0 Å². The second-order valence-electron chi connectivity index (χ2n) is 4.00. The van der Waals surface area contributed by atoms with Gasteiger partial charge in [-0.3, -0.25) is 0 Å². The summed E-state index contributed by atoms with van der Waals surface area (Å²) in [4.78, 5) is 0. The summed E-state index contributed by atoms with van der Waals surface area (Å²) in [7, 11) is 0. The van der Waals surface area contributed by atoms with E-state index in [4.69, 9.17) is 13.9 Å². The van der Waals surface area contributed by atoms with Gasteiger partial charge in [-0.1, -0.05) is 6.92 Å². The molecule has 90 valence electrons. The number of rotatable bonds is 6. The van der Waals surface area contributed by atoms with E-state index in [0.29, 0.717) is 13.2 Å². The quantitative estimate of drug-likeness (QED) is 0.800. The molecule has 1 saturated heterocycles. The molecule has 16 heavy (non-hydrogen) atoms. The van der Waals surface area contributed by atoms with Crippen LogP contribution in [0.15, 0.2) is 16.7 Å². The summed E-state index contributed by atoms with van der Waals surface area (Å²) in [5.74, 6) is 0.889. The highest BCUT2D eigenvalue weighted by atomic mass is 16.5. The van der Waals surface area contributed by atoms with E-state index in [1.54, 1.807) is 6.26 Å². The van der Waals surface area contributed by atoms with Crippen molar-refractivity contribution < 1.29 is 13.9 Å². The maximum absolute atomic E-state index is 5.67. The minimum Gasteiger partial charge on any atom is -0.467 e. The summed E-state index contributed by atoms with van der Waals surface area (Å²) in [6.07, 6.45) is 3.01. The van der Waals surface area contributed by atoms with E-state index in [-0.39, 0.29) is 6.10 Å². The molecule has 4 heteroatoms. The monoisotopic (exact) mass is 225 g/mol. The average Bonchev–Trinajstić information content (AvgIpc) is 2.95. The lowest BCUT2D eigenvalue weighted by Gasteiger charge is -2.07. The number of ether oxygens (including phenoxy) is 2. The first-order chi connectivity index (χ1) is 7.88. The molecule has 0 bridgehead atoms. The lowest BCUT2D eigenvalue weighted by Crippen LogP contribution is -2.12. The van der Waals surface area contributed by atoms with Gasteiger partial charge in [0.05, 0.1) is 19.0 Å². The third-order valence-electron chi connectivity index (χ3n) is 2.64. The molecule has 0 aliphatic carbocycles. The molecule has 1 aliphatic rings. The van der Waals surface area contributed by atoms with Crippen LogP contribution in [0.25, 0.3) is 0 Å². The molecule has 0 spiro atoms. The predicted molar refractivity (Wildman–Crippen MR) is 60.1 cm³/mol. The Morgan fingerprint density at radius 2 is 2.50 bits per heavy atom. The van der Waals surface area contributed by atoms with Crippen LogP contribution < -0.4 is 5.32 Å². The van der Waals surface area contributed by atoms with Crippen molar-refractivity contribution in [1.82, 2.24) is 5.32 Å². The van der Waals surface area contributed by atoms with Crippen LogP contribution in [-0.2, 0) is 22.6 Å². The zero-order valence-corrected chi connectivity index (χ0v) is 9.70. The number of hydrogen-bond acceptors (Lipinski definition) is 4. The molecular weight excluding hydrogens is 206 g/mol. The number of nitrogens with one attached hydrogen (secondary N) is 1. The Morgan fingerprint density at radius 1 is 1.56 bits per heavy atom. The first-order valence-corrected chi connectivity index (χ1v) is 5.85. The van der Waals surface area contributed by atoms with Crippen molar-refractivity contribution in [1.29, 1.82) is 0 Å². The van der Waals surface area contributed by atoms with E-state index in [1.165, 1.54) is 5.56 Å². The minimum absolute atomic E-state index is 0.238. The Kier molecular flexibility index (Phi) is 4.39. The SMILES string of the molecule is CCNCc1coc(COC2CCOC2)c1. The van der Waals surface area contributed by atoms with Gasteiger partial charge in [-0.25, -0.2) is 0 Å². The van der Waals surface area contributed by atoms with Gasteiger partial charge in [-0.15, -0.1) is 0 Å². The molecule has 2 heterocycles. The normalized spacial score (nSPS) is 20.4. The first-order valence-electron chi connectivity index (χ1n) is 5.85. The standard InChI is InChI=1S/C12H19NO3/c1-2-13-6-10-5-12(15-7-10)9-16-11-3-4-14-8-11/h5,7,11,13H,2-4,6,8-9H2,1H3. The molecule has 0 saturated carbocycles. The Morgan fingerprint density at radius 3 is 3.25 bits per heavy atom. The zero-order valence-electron chi connectivity index (χ0n) is 9.70. The van der Waals surface area contributed by atoms with Gasteiger partial charge in [0, 0.05) is 18.7 Å². The highest BCUT2D eigenvalue weighted by Crippen LogP contribution is 2.13. The molecule has 1 aromatic heterocycles. The van der Waals surface area contributed by atoms with Crippen molar-refractivity contribution in [3.05, 3.63) is 23.7 Å². The molecule has 0 radical (unpaired) electrons. The Bertz CT molecular complexity index is 305. The van der Waals surface area contributed by atoms with Crippen molar-refractivity contribution in [3.63, 3.8) is 0 Å². The van der Waals surface area contributed by atoms with E-state index < -0.39 is 0 Å². The van der Waals surface area contributed by atoms with E-state index >= 15 is 0 Å². The van der Waals surface area contributed by atoms with Crippen LogP contribution in [-0.4, -0.2) is 25.9 Å².